The van der Waals surface area contributed by atoms with Crippen LogP contribution in [0.2, 0.25) is 5.02 Å². The highest BCUT2D eigenvalue weighted by Crippen LogP contribution is 2.33. The van der Waals surface area contributed by atoms with Crippen molar-refractivity contribution in [3.05, 3.63) is 81.0 Å². The van der Waals surface area contributed by atoms with Gasteiger partial charge >= 0.3 is 0 Å². The molecule has 144 valence electrons. The lowest BCUT2D eigenvalue weighted by Crippen LogP contribution is -2.28. The van der Waals surface area contributed by atoms with Gasteiger partial charge in [-0.15, -0.1) is 11.3 Å². The maximum atomic E-state index is 12.7. The average Bonchev–Trinajstić information content (AvgIpc) is 3.30. The quantitative estimate of drug-likeness (QED) is 0.643. The first-order chi connectivity index (χ1) is 13.4. The monoisotopic (exact) mass is 432 g/mol. The summed E-state index contributed by atoms with van der Waals surface area (Å²) in [5, 5.41) is 2.36. The Hall–Kier alpha value is -2.35. The summed E-state index contributed by atoms with van der Waals surface area (Å²) in [6, 6.07) is 15.7. The molecule has 1 aliphatic heterocycles. The van der Waals surface area contributed by atoms with Crippen LogP contribution in [-0.4, -0.2) is 20.9 Å². The van der Waals surface area contributed by atoms with Crippen LogP contribution in [0, 0.1) is 0 Å². The van der Waals surface area contributed by atoms with Crippen LogP contribution in [0.1, 0.15) is 20.8 Å². The minimum Gasteiger partial charge on any atom is -0.307 e. The van der Waals surface area contributed by atoms with Crippen molar-refractivity contribution < 1.29 is 13.2 Å². The van der Waals surface area contributed by atoms with E-state index in [2.05, 4.69) is 4.72 Å². The van der Waals surface area contributed by atoms with E-state index >= 15 is 0 Å². The van der Waals surface area contributed by atoms with Gasteiger partial charge < -0.3 is 4.90 Å². The van der Waals surface area contributed by atoms with E-state index in [1.807, 2.05) is 17.5 Å². The van der Waals surface area contributed by atoms with Crippen molar-refractivity contribution in [2.24, 2.45) is 0 Å². The van der Waals surface area contributed by atoms with Gasteiger partial charge in [0.2, 0.25) is 10.0 Å². The zero-order chi connectivity index (χ0) is 19.7. The predicted molar refractivity (Wildman–Crippen MR) is 114 cm³/mol. The number of carbonyl (C=O) groups excluding carboxylic acids is 1. The number of hydrogen-bond acceptors (Lipinski definition) is 4. The van der Waals surface area contributed by atoms with Crippen LogP contribution in [0.15, 0.2) is 60.0 Å². The van der Waals surface area contributed by atoms with Crippen molar-refractivity contribution in [3.63, 3.8) is 0 Å². The Morgan fingerprint density at radius 2 is 2.00 bits per heavy atom. The molecule has 0 unspecified atom stereocenters. The molecule has 0 saturated heterocycles. The fourth-order valence-corrected chi connectivity index (χ4v) is 5.31. The van der Waals surface area contributed by atoms with Crippen molar-refractivity contribution in [3.8, 4) is 0 Å². The van der Waals surface area contributed by atoms with Crippen LogP contribution in [0.4, 0.5) is 11.4 Å². The Morgan fingerprint density at radius 1 is 1.14 bits per heavy atom. The first kappa shape index (κ1) is 19.0. The molecule has 2 heterocycles. The number of nitrogens with one attached hydrogen (secondary N) is 1. The molecule has 0 spiro atoms. The lowest BCUT2D eigenvalue weighted by atomic mass is 10.1. The maximum absolute atomic E-state index is 12.7. The summed E-state index contributed by atoms with van der Waals surface area (Å²) >= 11 is 7.33. The minimum absolute atomic E-state index is 0.0623. The van der Waals surface area contributed by atoms with E-state index in [1.54, 1.807) is 47.4 Å². The summed E-state index contributed by atoms with van der Waals surface area (Å²) in [4.78, 5) is 15.1. The van der Waals surface area contributed by atoms with Crippen LogP contribution in [0.3, 0.4) is 0 Å². The molecule has 1 amide bonds. The molecule has 0 atom stereocenters. The van der Waals surface area contributed by atoms with Gasteiger partial charge in [-0.25, -0.2) is 8.42 Å². The van der Waals surface area contributed by atoms with Gasteiger partial charge in [0.05, 0.1) is 16.3 Å². The van der Waals surface area contributed by atoms with Crippen LogP contribution in [0.5, 0.6) is 0 Å². The fraction of sp³-hybridized carbons (Fsp3) is 0.150. The number of carbonyl (C=O) groups is 1. The van der Waals surface area contributed by atoms with E-state index in [-0.39, 0.29) is 11.7 Å². The van der Waals surface area contributed by atoms with E-state index in [9.17, 15) is 13.2 Å². The van der Waals surface area contributed by atoms with Gasteiger partial charge in [0.25, 0.3) is 5.91 Å². The first-order valence-corrected chi connectivity index (χ1v) is 11.6. The van der Waals surface area contributed by atoms with Crippen LogP contribution in [0.25, 0.3) is 0 Å². The molecule has 2 aromatic carbocycles. The largest absolute Gasteiger partial charge is 0.307 e. The topological polar surface area (TPSA) is 66.5 Å². The Kier molecular flexibility index (Phi) is 5.14. The van der Waals surface area contributed by atoms with Crippen LogP contribution < -0.4 is 9.62 Å². The summed E-state index contributed by atoms with van der Waals surface area (Å²) in [6.07, 6.45) is 0.752. The second-order valence-electron chi connectivity index (χ2n) is 6.52. The minimum atomic E-state index is -3.61. The molecule has 0 fully saturated rings. The Bertz CT molecular complexity index is 1130. The van der Waals surface area contributed by atoms with Gasteiger partial charge in [-0.3, -0.25) is 9.52 Å². The summed E-state index contributed by atoms with van der Waals surface area (Å²) < 4.78 is 27.7. The number of hydrogen-bond donors (Lipinski definition) is 1. The SMILES string of the molecule is O=C(c1cccs1)N1CCc2ccc(NS(=O)(=O)Cc3cccc(Cl)c3)cc21. The molecule has 0 bridgehead atoms. The number of anilines is 2. The highest BCUT2D eigenvalue weighted by atomic mass is 35.5. The molecular formula is C20H17ClN2O3S2. The van der Waals surface area contributed by atoms with Gasteiger partial charge in [0, 0.05) is 17.3 Å². The number of thiophene rings is 1. The molecule has 28 heavy (non-hydrogen) atoms. The molecule has 0 aliphatic carbocycles. The van der Waals surface area contributed by atoms with E-state index < -0.39 is 10.0 Å². The van der Waals surface area contributed by atoms with Gasteiger partial charge in [0.15, 0.2) is 0 Å². The number of amides is 1. The van der Waals surface area contributed by atoms with E-state index in [0.717, 1.165) is 17.7 Å². The molecular weight excluding hydrogens is 416 g/mol. The number of sulfonamides is 1. The highest BCUT2D eigenvalue weighted by molar-refractivity contribution is 7.91. The molecule has 5 nitrogen and oxygen atoms in total. The lowest BCUT2D eigenvalue weighted by molar-refractivity contribution is 0.0993. The summed E-state index contributed by atoms with van der Waals surface area (Å²) in [6.45, 7) is 0.588. The Morgan fingerprint density at radius 3 is 2.75 bits per heavy atom. The van der Waals surface area contributed by atoms with Gasteiger partial charge in [0.1, 0.15) is 0 Å². The van der Waals surface area contributed by atoms with Crippen LogP contribution in [-0.2, 0) is 22.2 Å². The second-order valence-corrected chi connectivity index (χ2v) is 9.63. The molecule has 1 aliphatic rings. The number of benzene rings is 2. The third-order valence-electron chi connectivity index (χ3n) is 4.48. The molecule has 0 saturated carbocycles. The predicted octanol–water partition coefficient (Wildman–Crippen LogP) is 4.55. The van der Waals surface area contributed by atoms with E-state index in [4.69, 9.17) is 11.6 Å². The number of fused-ring (bicyclic) bond motifs is 1. The number of nitrogens with zero attached hydrogens (tertiary/aromatic N) is 1. The fourth-order valence-electron chi connectivity index (χ4n) is 3.25. The highest BCUT2D eigenvalue weighted by Gasteiger charge is 2.26. The third-order valence-corrected chi connectivity index (χ3v) is 6.83. The molecule has 3 aromatic rings. The molecule has 0 radical (unpaired) electrons. The Labute approximate surface area is 172 Å². The van der Waals surface area contributed by atoms with E-state index in [0.29, 0.717) is 27.7 Å². The van der Waals surface area contributed by atoms with Gasteiger partial charge in [-0.05, 0) is 53.3 Å². The van der Waals surface area contributed by atoms with Crippen molar-refractivity contribution >= 4 is 50.2 Å². The summed E-state index contributed by atoms with van der Waals surface area (Å²) in [5.74, 6) is -0.240. The maximum Gasteiger partial charge on any atom is 0.268 e. The summed E-state index contributed by atoms with van der Waals surface area (Å²) in [7, 11) is -3.61. The van der Waals surface area contributed by atoms with Gasteiger partial charge in [-0.1, -0.05) is 35.9 Å². The first-order valence-electron chi connectivity index (χ1n) is 8.64. The summed E-state index contributed by atoms with van der Waals surface area (Å²) in [5.41, 5.74) is 2.83. The van der Waals surface area contributed by atoms with Crippen molar-refractivity contribution in [1.82, 2.24) is 0 Å². The smallest absolute Gasteiger partial charge is 0.268 e. The van der Waals surface area contributed by atoms with Crippen LogP contribution >= 0.6 is 22.9 Å². The standard InChI is InChI=1S/C20H17ClN2O3S2/c21-16-4-1-3-14(11-16)13-28(25,26)22-17-7-6-15-8-9-23(18(15)12-17)20(24)19-5-2-10-27-19/h1-7,10-12,22H,8-9,13H2. The third kappa shape index (κ3) is 4.06. The molecule has 4 rings (SSSR count). The molecule has 1 aromatic heterocycles. The van der Waals surface area contributed by atoms with Gasteiger partial charge in [-0.2, -0.15) is 0 Å². The van der Waals surface area contributed by atoms with Crippen molar-refractivity contribution in [1.29, 1.82) is 0 Å². The van der Waals surface area contributed by atoms with Crippen molar-refractivity contribution in [2.45, 2.75) is 12.2 Å². The van der Waals surface area contributed by atoms with Crippen molar-refractivity contribution in [2.75, 3.05) is 16.2 Å². The average molecular weight is 433 g/mol. The zero-order valence-corrected chi connectivity index (χ0v) is 17.2. The lowest BCUT2D eigenvalue weighted by Gasteiger charge is -2.17. The van der Waals surface area contributed by atoms with E-state index in [1.165, 1.54) is 11.3 Å². The second kappa shape index (κ2) is 7.58. The number of halogens is 1. The Balaban J connectivity index is 1.55. The zero-order valence-electron chi connectivity index (χ0n) is 14.8. The molecule has 8 heteroatoms. The normalized spacial score (nSPS) is 13.4. The molecule has 1 N–H and O–H groups in total. The number of rotatable bonds is 5.